The first-order chi connectivity index (χ1) is 12.2. The fraction of sp³-hybridized carbons (Fsp3) is 0.611. The summed E-state index contributed by atoms with van der Waals surface area (Å²) in [5.41, 5.74) is 1.83. The molecule has 2 fully saturated rings. The van der Waals surface area contributed by atoms with E-state index in [1.807, 2.05) is 6.07 Å². The van der Waals surface area contributed by atoms with Crippen LogP contribution in [0, 0.1) is 0 Å². The summed E-state index contributed by atoms with van der Waals surface area (Å²) in [6.07, 6.45) is 5.84. The molecule has 0 radical (unpaired) electrons. The monoisotopic (exact) mass is 426 g/mol. The van der Waals surface area contributed by atoms with Crippen LogP contribution in [0.2, 0.25) is 0 Å². The molecule has 2 saturated heterocycles. The first-order valence-electron chi connectivity index (χ1n) is 9.00. The number of nitrogens with zero attached hydrogens (tertiary/aromatic N) is 1. The molecule has 4 heterocycles. The standard InChI is InChI=1S/C18H23BrN2O3S/c19-17-9-14-16(25-17)8-15(18(22)20-10-12-5-3-7-23-12)21(14)11-13-4-1-2-6-24-13/h8-9,12-13H,1-7,10-11H2,(H,20,22)/t12-,13-/m0/s1. The van der Waals surface area contributed by atoms with Gasteiger partial charge in [0.1, 0.15) is 5.69 Å². The zero-order valence-corrected chi connectivity index (χ0v) is 16.5. The van der Waals surface area contributed by atoms with Crippen molar-refractivity contribution in [3.63, 3.8) is 0 Å². The number of ether oxygens (including phenoxy) is 2. The number of nitrogens with one attached hydrogen (secondary N) is 1. The van der Waals surface area contributed by atoms with E-state index >= 15 is 0 Å². The Balaban J connectivity index is 1.54. The fourth-order valence-corrected chi connectivity index (χ4v) is 5.22. The lowest BCUT2D eigenvalue weighted by molar-refractivity contribution is 0.00636. The van der Waals surface area contributed by atoms with Gasteiger partial charge in [0.05, 0.1) is 26.2 Å². The Morgan fingerprint density at radius 1 is 1.20 bits per heavy atom. The average Bonchev–Trinajstić information content (AvgIpc) is 3.32. The summed E-state index contributed by atoms with van der Waals surface area (Å²) in [5, 5.41) is 3.05. The number of fused-ring (bicyclic) bond motifs is 1. The van der Waals surface area contributed by atoms with Gasteiger partial charge in [0.25, 0.3) is 5.91 Å². The van der Waals surface area contributed by atoms with Crippen molar-refractivity contribution in [1.29, 1.82) is 0 Å². The van der Waals surface area contributed by atoms with Crippen LogP contribution in [0.5, 0.6) is 0 Å². The van der Waals surface area contributed by atoms with Gasteiger partial charge in [-0.25, -0.2) is 0 Å². The number of carbonyl (C=O) groups excluding carboxylic acids is 1. The van der Waals surface area contributed by atoms with Crippen molar-refractivity contribution in [3.8, 4) is 0 Å². The number of rotatable bonds is 5. The van der Waals surface area contributed by atoms with Crippen molar-refractivity contribution in [3.05, 3.63) is 21.6 Å². The predicted octanol–water partition coefficient (Wildman–Crippen LogP) is 3.94. The Kier molecular flexibility index (Phi) is 5.45. The molecule has 4 rings (SSSR count). The van der Waals surface area contributed by atoms with E-state index in [2.05, 4.69) is 31.9 Å². The lowest BCUT2D eigenvalue weighted by Gasteiger charge is -2.24. The smallest absolute Gasteiger partial charge is 0.268 e. The first-order valence-corrected chi connectivity index (χ1v) is 10.6. The van der Waals surface area contributed by atoms with Crippen LogP contribution in [-0.4, -0.2) is 42.4 Å². The highest BCUT2D eigenvalue weighted by atomic mass is 79.9. The van der Waals surface area contributed by atoms with Crippen LogP contribution >= 0.6 is 27.3 Å². The van der Waals surface area contributed by atoms with Gasteiger partial charge in [-0.2, -0.15) is 0 Å². The van der Waals surface area contributed by atoms with E-state index in [1.165, 1.54) is 6.42 Å². The average molecular weight is 427 g/mol. The summed E-state index contributed by atoms with van der Waals surface area (Å²) in [6, 6.07) is 4.10. The summed E-state index contributed by atoms with van der Waals surface area (Å²) in [4.78, 5) is 12.8. The molecule has 2 aliphatic heterocycles. The van der Waals surface area contributed by atoms with E-state index in [1.54, 1.807) is 11.3 Å². The normalized spacial score (nSPS) is 24.0. The van der Waals surface area contributed by atoms with E-state index in [-0.39, 0.29) is 18.1 Å². The van der Waals surface area contributed by atoms with E-state index in [0.717, 1.165) is 65.1 Å². The topological polar surface area (TPSA) is 52.5 Å². The van der Waals surface area contributed by atoms with Crippen LogP contribution in [-0.2, 0) is 16.0 Å². The number of hydrogen-bond acceptors (Lipinski definition) is 4. The van der Waals surface area contributed by atoms with Crippen LogP contribution in [0.3, 0.4) is 0 Å². The van der Waals surface area contributed by atoms with Crippen molar-refractivity contribution in [2.24, 2.45) is 0 Å². The molecular formula is C18H23BrN2O3S. The van der Waals surface area contributed by atoms with Crippen molar-refractivity contribution < 1.29 is 14.3 Å². The third kappa shape index (κ3) is 3.94. The summed E-state index contributed by atoms with van der Waals surface area (Å²) < 4.78 is 15.8. The minimum absolute atomic E-state index is 0.0224. The summed E-state index contributed by atoms with van der Waals surface area (Å²) in [7, 11) is 0. The van der Waals surface area contributed by atoms with E-state index in [4.69, 9.17) is 9.47 Å². The molecule has 0 unspecified atom stereocenters. The number of amides is 1. The molecule has 0 aliphatic carbocycles. The molecule has 25 heavy (non-hydrogen) atoms. The molecule has 0 bridgehead atoms. The largest absolute Gasteiger partial charge is 0.376 e. The third-order valence-corrected chi connectivity index (χ3v) is 6.54. The lowest BCUT2D eigenvalue weighted by atomic mass is 10.1. The maximum absolute atomic E-state index is 12.8. The van der Waals surface area contributed by atoms with Gasteiger partial charge in [-0.3, -0.25) is 4.79 Å². The van der Waals surface area contributed by atoms with Crippen molar-refractivity contribution in [2.45, 2.75) is 50.9 Å². The van der Waals surface area contributed by atoms with Gasteiger partial charge < -0.3 is 19.4 Å². The van der Waals surface area contributed by atoms with Gasteiger partial charge in [-0.1, -0.05) is 0 Å². The number of thiophene rings is 1. The predicted molar refractivity (Wildman–Crippen MR) is 102 cm³/mol. The number of aromatic nitrogens is 1. The molecule has 2 aromatic rings. The van der Waals surface area contributed by atoms with Gasteiger partial charge in [0, 0.05) is 26.3 Å². The maximum atomic E-state index is 12.8. The Morgan fingerprint density at radius 3 is 2.76 bits per heavy atom. The molecular weight excluding hydrogens is 404 g/mol. The number of halogens is 1. The second-order valence-electron chi connectivity index (χ2n) is 6.77. The quantitative estimate of drug-likeness (QED) is 0.787. The maximum Gasteiger partial charge on any atom is 0.268 e. The van der Waals surface area contributed by atoms with E-state index < -0.39 is 0 Å². The van der Waals surface area contributed by atoms with Gasteiger partial charge in [-0.05, 0) is 60.2 Å². The number of carbonyl (C=O) groups is 1. The Bertz CT molecular complexity index is 745. The second-order valence-corrected chi connectivity index (χ2v) is 9.24. The van der Waals surface area contributed by atoms with Crippen LogP contribution in [0.25, 0.3) is 10.2 Å². The van der Waals surface area contributed by atoms with Crippen molar-refractivity contribution in [2.75, 3.05) is 19.8 Å². The highest BCUT2D eigenvalue weighted by Gasteiger charge is 2.23. The molecule has 5 nitrogen and oxygen atoms in total. The zero-order valence-electron chi connectivity index (χ0n) is 14.1. The minimum atomic E-state index is -0.0224. The third-order valence-electron chi connectivity index (χ3n) is 4.97. The highest BCUT2D eigenvalue weighted by molar-refractivity contribution is 9.11. The molecule has 7 heteroatoms. The van der Waals surface area contributed by atoms with Crippen LogP contribution < -0.4 is 5.32 Å². The lowest BCUT2D eigenvalue weighted by Crippen LogP contribution is -2.34. The summed E-state index contributed by atoms with van der Waals surface area (Å²) in [6.45, 7) is 2.94. The second kappa shape index (κ2) is 7.78. The van der Waals surface area contributed by atoms with Crippen molar-refractivity contribution >= 4 is 43.4 Å². The summed E-state index contributed by atoms with van der Waals surface area (Å²) >= 11 is 5.22. The van der Waals surface area contributed by atoms with Gasteiger partial charge >= 0.3 is 0 Å². The molecule has 2 atom stereocenters. The van der Waals surface area contributed by atoms with E-state index in [9.17, 15) is 4.79 Å². The Hall–Kier alpha value is -0.890. The molecule has 136 valence electrons. The minimum Gasteiger partial charge on any atom is -0.376 e. The van der Waals surface area contributed by atoms with Crippen LogP contribution in [0.1, 0.15) is 42.6 Å². The SMILES string of the molecule is O=C(NC[C@@H]1CCCO1)c1cc2sc(Br)cc2n1C[C@@H]1CCCCO1. The fourth-order valence-electron chi connectivity index (χ4n) is 3.65. The van der Waals surface area contributed by atoms with E-state index in [0.29, 0.717) is 6.54 Å². The van der Waals surface area contributed by atoms with Crippen LogP contribution in [0.15, 0.2) is 15.9 Å². The molecule has 0 aromatic carbocycles. The van der Waals surface area contributed by atoms with Crippen molar-refractivity contribution in [1.82, 2.24) is 9.88 Å². The molecule has 2 aromatic heterocycles. The van der Waals surface area contributed by atoms with Gasteiger partial charge in [-0.15, -0.1) is 11.3 Å². The molecule has 0 saturated carbocycles. The number of hydrogen-bond donors (Lipinski definition) is 1. The molecule has 2 aliphatic rings. The molecule has 0 spiro atoms. The molecule has 1 amide bonds. The highest BCUT2D eigenvalue weighted by Crippen LogP contribution is 2.33. The van der Waals surface area contributed by atoms with Gasteiger partial charge in [0.15, 0.2) is 0 Å². The Morgan fingerprint density at radius 2 is 2.00 bits per heavy atom. The van der Waals surface area contributed by atoms with Gasteiger partial charge in [0.2, 0.25) is 0 Å². The molecule has 1 N–H and O–H groups in total. The first kappa shape index (κ1) is 17.5. The Labute approximate surface area is 159 Å². The van der Waals surface area contributed by atoms with Crippen LogP contribution in [0.4, 0.5) is 0 Å². The zero-order chi connectivity index (χ0) is 17.2. The summed E-state index contributed by atoms with van der Waals surface area (Å²) in [5.74, 6) is -0.0224.